The molecular weight excluding hydrogens is 338 g/mol. The van der Waals surface area contributed by atoms with E-state index in [-0.39, 0.29) is 0 Å². The molecule has 0 N–H and O–H groups in total. The van der Waals surface area contributed by atoms with E-state index in [1.165, 1.54) is 10.6 Å². The van der Waals surface area contributed by atoms with E-state index >= 15 is 0 Å². The van der Waals surface area contributed by atoms with Gasteiger partial charge in [-0.3, -0.25) is 0 Å². The maximum absolute atomic E-state index is 4.52. The van der Waals surface area contributed by atoms with Crippen LogP contribution in [0.3, 0.4) is 0 Å². The summed E-state index contributed by atoms with van der Waals surface area (Å²) in [5.74, 6) is 1.02. The van der Waals surface area contributed by atoms with Gasteiger partial charge in [-0.15, -0.1) is 11.3 Å². The van der Waals surface area contributed by atoms with Crippen LogP contribution in [0.15, 0.2) is 22.5 Å². The van der Waals surface area contributed by atoms with Crippen molar-refractivity contribution in [2.75, 3.05) is 11.4 Å². The molecule has 4 heterocycles. The Bertz CT molecular complexity index is 793. The lowest BCUT2D eigenvalue weighted by Gasteiger charge is -2.27. The van der Waals surface area contributed by atoms with Crippen LogP contribution in [0.5, 0.6) is 0 Å². The maximum atomic E-state index is 4.52. The molecule has 20 heavy (non-hydrogen) atoms. The number of fused-ring (bicyclic) bond motifs is 2. The lowest BCUT2D eigenvalue weighted by molar-refractivity contribution is 0.720. The van der Waals surface area contributed by atoms with E-state index in [1.807, 2.05) is 17.8 Å². The van der Waals surface area contributed by atoms with Gasteiger partial charge in [0.25, 0.3) is 0 Å². The molecule has 0 atom stereocenters. The topological polar surface area (TPSA) is 46.8 Å². The number of anilines is 1. The first-order valence-corrected chi connectivity index (χ1v) is 7.98. The fourth-order valence-electron chi connectivity index (χ4n) is 2.66. The van der Waals surface area contributed by atoms with Crippen LogP contribution in [0.2, 0.25) is 0 Å². The second-order valence-electron chi connectivity index (χ2n) is 4.87. The van der Waals surface area contributed by atoms with Crippen LogP contribution in [-0.2, 0) is 20.0 Å². The minimum absolute atomic E-state index is 0.875. The summed E-state index contributed by atoms with van der Waals surface area (Å²) in [5, 5.41) is 1.11. The summed E-state index contributed by atoms with van der Waals surface area (Å²) >= 11 is 5.19. The normalized spacial score (nSPS) is 14.8. The van der Waals surface area contributed by atoms with Gasteiger partial charge in [0.2, 0.25) is 0 Å². The Kier molecular flexibility index (Phi) is 2.78. The van der Waals surface area contributed by atoms with Gasteiger partial charge in [-0.05, 0) is 22.0 Å². The molecular formula is C13H12BrN5S. The largest absolute Gasteiger partial charge is 0.350 e. The molecule has 102 valence electrons. The highest BCUT2D eigenvalue weighted by Gasteiger charge is 2.23. The molecule has 3 aromatic rings. The Morgan fingerprint density at radius 2 is 2.25 bits per heavy atom. The Hall–Kier alpha value is -1.47. The van der Waals surface area contributed by atoms with Crippen molar-refractivity contribution in [2.24, 2.45) is 7.05 Å². The fraction of sp³-hybridized carbons (Fsp3) is 0.308. The third-order valence-electron chi connectivity index (χ3n) is 3.65. The average Bonchev–Trinajstić information content (AvgIpc) is 3.00. The molecule has 0 radical (unpaired) electrons. The Balaban J connectivity index is 1.77. The van der Waals surface area contributed by atoms with Crippen molar-refractivity contribution in [3.05, 3.63) is 33.1 Å². The monoisotopic (exact) mass is 349 g/mol. The summed E-state index contributed by atoms with van der Waals surface area (Å²) in [4.78, 5) is 17.0. The van der Waals surface area contributed by atoms with Gasteiger partial charge in [-0.1, -0.05) is 0 Å². The van der Waals surface area contributed by atoms with Crippen LogP contribution in [0, 0.1) is 0 Å². The van der Waals surface area contributed by atoms with E-state index in [9.17, 15) is 0 Å². The summed E-state index contributed by atoms with van der Waals surface area (Å²) in [6.07, 6.45) is 4.65. The Morgan fingerprint density at radius 3 is 3.15 bits per heavy atom. The van der Waals surface area contributed by atoms with Crippen LogP contribution in [0.4, 0.5) is 5.82 Å². The minimum Gasteiger partial charge on any atom is -0.350 e. The van der Waals surface area contributed by atoms with Gasteiger partial charge in [-0.2, -0.15) is 0 Å². The number of hydrogen-bond donors (Lipinski definition) is 0. The smallest absolute Gasteiger partial charge is 0.159 e. The second kappa shape index (κ2) is 4.53. The molecule has 0 saturated carbocycles. The molecule has 0 unspecified atom stereocenters. The third-order valence-corrected chi connectivity index (χ3v) is 5.18. The zero-order valence-electron chi connectivity index (χ0n) is 10.9. The number of thiazole rings is 1. The summed E-state index contributed by atoms with van der Waals surface area (Å²) in [7, 11) is 2.01. The van der Waals surface area contributed by atoms with Gasteiger partial charge < -0.3 is 9.47 Å². The molecule has 1 aliphatic rings. The van der Waals surface area contributed by atoms with Crippen LogP contribution in [-0.4, -0.2) is 26.1 Å². The van der Waals surface area contributed by atoms with Crippen molar-refractivity contribution < 1.29 is 0 Å². The van der Waals surface area contributed by atoms with Gasteiger partial charge in [0.05, 0.1) is 17.6 Å². The summed E-state index contributed by atoms with van der Waals surface area (Å²) in [6.45, 7) is 1.82. The number of nitrogens with zero attached hydrogens (tertiary/aromatic N) is 5. The molecule has 4 rings (SSSR count). The van der Waals surface area contributed by atoms with E-state index in [1.54, 1.807) is 17.7 Å². The standard InChI is InChI=1S/C13H12BrN5S/c1-18-4-2-8-11(18)15-7-16-12(8)19-5-3-9-10(6-19)20-13(14)17-9/h2,4,7H,3,5-6H2,1H3. The molecule has 3 aromatic heterocycles. The number of halogens is 1. The van der Waals surface area contributed by atoms with Crippen LogP contribution in [0.25, 0.3) is 11.0 Å². The Morgan fingerprint density at radius 1 is 1.35 bits per heavy atom. The SMILES string of the molecule is Cn1ccc2c(N3CCc4nc(Br)sc4C3)ncnc21. The van der Waals surface area contributed by atoms with Gasteiger partial charge in [0.15, 0.2) is 3.92 Å². The maximum Gasteiger partial charge on any atom is 0.159 e. The van der Waals surface area contributed by atoms with Crippen molar-refractivity contribution in [1.82, 2.24) is 19.5 Å². The number of aromatic nitrogens is 4. The van der Waals surface area contributed by atoms with Crippen LogP contribution < -0.4 is 4.90 Å². The summed E-state index contributed by atoms with van der Waals surface area (Å²) in [6, 6.07) is 2.09. The molecule has 0 aromatic carbocycles. The Labute approximate surface area is 128 Å². The molecule has 0 bridgehead atoms. The molecule has 0 fully saturated rings. The van der Waals surface area contributed by atoms with E-state index in [4.69, 9.17) is 0 Å². The predicted octanol–water partition coefficient (Wildman–Crippen LogP) is 2.75. The van der Waals surface area contributed by atoms with Crippen molar-refractivity contribution >= 4 is 44.1 Å². The molecule has 0 aliphatic carbocycles. The predicted molar refractivity (Wildman–Crippen MR) is 83.1 cm³/mol. The molecule has 0 amide bonds. The molecule has 1 aliphatic heterocycles. The van der Waals surface area contributed by atoms with E-state index in [2.05, 4.69) is 41.8 Å². The third kappa shape index (κ3) is 1.84. The molecule has 5 nitrogen and oxygen atoms in total. The second-order valence-corrected chi connectivity index (χ2v) is 7.23. The van der Waals surface area contributed by atoms with Crippen molar-refractivity contribution in [1.29, 1.82) is 0 Å². The van der Waals surface area contributed by atoms with E-state index < -0.39 is 0 Å². The summed E-state index contributed by atoms with van der Waals surface area (Å²) in [5.41, 5.74) is 2.20. The van der Waals surface area contributed by atoms with Crippen molar-refractivity contribution in [2.45, 2.75) is 13.0 Å². The average molecular weight is 350 g/mol. The molecule has 0 spiro atoms. The van der Waals surface area contributed by atoms with Crippen molar-refractivity contribution in [3.8, 4) is 0 Å². The highest BCUT2D eigenvalue weighted by Crippen LogP contribution is 2.32. The highest BCUT2D eigenvalue weighted by molar-refractivity contribution is 9.11. The van der Waals surface area contributed by atoms with Gasteiger partial charge in [-0.25, -0.2) is 15.0 Å². The minimum atomic E-state index is 0.875. The lowest BCUT2D eigenvalue weighted by atomic mass is 10.1. The van der Waals surface area contributed by atoms with Gasteiger partial charge in [0, 0.05) is 31.1 Å². The first-order chi connectivity index (χ1) is 9.72. The van der Waals surface area contributed by atoms with Gasteiger partial charge in [0.1, 0.15) is 17.8 Å². The number of aryl methyl sites for hydroxylation is 1. The first kappa shape index (κ1) is 12.3. The van der Waals surface area contributed by atoms with E-state index in [0.29, 0.717) is 0 Å². The number of rotatable bonds is 1. The van der Waals surface area contributed by atoms with Gasteiger partial charge >= 0.3 is 0 Å². The van der Waals surface area contributed by atoms with Crippen molar-refractivity contribution in [3.63, 3.8) is 0 Å². The van der Waals surface area contributed by atoms with Crippen LogP contribution >= 0.6 is 27.3 Å². The van der Waals surface area contributed by atoms with Crippen LogP contribution in [0.1, 0.15) is 10.6 Å². The lowest BCUT2D eigenvalue weighted by Crippen LogP contribution is -2.30. The van der Waals surface area contributed by atoms with E-state index in [0.717, 1.165) is 40.3 Å². The quantitative estimate of drug-likeness (QED) is 0.677. The highest BCUT2D eigenvalue weighted by atomic mass is 79.9. The first-order valence-electron chi connectivity index (χ1n) is 6.37. The fourth-order valence-corrected chi connectivity index (χ4v) is 4.31. The number of hydrogen-bond acceptors (Lipinski definition) is 5. The zero-order valence-corrected chi connectivity index (χ0v) is 13.3. The molecule has 7 heteroatoms. The summed E-state index contributed by atoms with van der Waals surface area (Å²) < 4.78 is 3.00. The zero-order chi connectivity index (χ0) is 13.7. The molecule has 0 saturated heterocycles.